The van der Waals surface area contributed by atoms with Gasteiger partial charge in [0.1, 0.15) is 5.56 Å². The highest BCUT2D eigenvalue weighted by atomic mass is 16.5. The van der Waals surface area contributed by atoms with E-state index < -0.39 is 5.97 Å². The fourth-order valence-corrected chi connectivity index (χ4v) is 2.92. The van der Waals surface area contributed by atoms with Gasteiger partial charge in [0.15, 0.2) is 0 Å². The van der Waals surface area contributed by atoms with E-state index in [1.165, 1.54) is 6.20 Å². The summed E-state index contributed by atoms with van der Waals surface area (Å²) in [7, 11) is 0. The lowest BCUT2D eigenvalue weighted by Gasteiger charge is -2.15. The molecule has 0 aliphatic carbocycles. The van der Waals surface area contributed by atoms with E-state index in [0.29, 0.717) is 23.4 Å². The van der Waals surface area contributed by atoms with Crippen LogP contribution in [0.5, 0.6) is 0 Å². The molecule has 0 amide bonds. The Morgan fingerprint density at radius 1 is 1.00 bits per heavy atom. The van der Waals surface area contributed by atoms with Gasteiger partial charge in [-0.15, -0.1) is 0 Å². The quantitative estimate of drug-likeness (QED) is 0.568. The number of aromatic nitrogens is 1. The average Bonchev–Trinajstić information content (AvgIpc) is 2.73. The van der Waals surface area contributed by atoms with Crippen LogP contribution in [0.15, 0.2) is 48.7 Å². The fourth-order valence-electron chi connectivity index (χ4n) is 2.92. The summed E-state index contributed by atoms with van der Waals surface area (Å²) in [6, 6.07) is 12.8. The van der Waals surface area contributed by atoms with Crippen LogP contribution in [0.3, 0.4) is 0 Å². The maximum Gasteiger partial charge on any atom is 0.341 e. The number of carbonyl (C=O) groups excluding carboxylic acids is 2. The summed E-state index contributed by atoms with van der Waals surface area (Å²) in [5.74, 6) is -0.790. The van der Waals surface area contributed by atoms with Crippen LogP contribution in [-0.4, -0.2) is 30.1 Å². The van der Waals surface area contributed by atoms with E-state index in [0.717, 1.165) is 28.6 Å². The molecule has 0 radical (unpaired) electrons. The first-order valence-corrected chi connectivity index (χ1v) is 9.64. The number of benzene rings is 2. The number of nitrogens with zero attached hydrogens (tertiary/aromatic N) is 1. The number of anilines is 2. The molecule has 3 aromatic rings. The Hall–Kier alpha value is -3.41. The molecule has 0 saturated carbocycles. The molecule has 1 aromatic heterocycles. The monoisotopic (exact) mass is 392 g/mol. The Bertz CT molecular complexity index is 1030. The number of rotatable bonds is 7. The number of ether oxygens (including phenoxy) is 2. The van der Waals surface area contributed by atoms with Gasteiger partial charge < -0.3 is 14.8 Å². The van der Waals surface area contributed by atoms with Crippen LogP contribution < -0.4 is 5.32 Å². The first-order chi connectivity index (χ1) is 14.0. The SMILES string of the molecule is CCCOC(=O)c1ccc(Nc2c(C(=O)OCC)cnc3ccc(C)cc23)cc1. The van der Waals surface area contributed by atoms with Crippen LogP contribution in [0.2, 0.25) is 0 Å². The maximum atomic E-state index is 12.5. The van der Waals surface area contributed by atoms with Crippen LogP contribution in [0, 0.1) is 6.92 Å². The minimum atomic E-state index is -0.439. The first kappa shape index (κ1) is 20.3. The van der Waals surface area contributed by atoms with Crippen LogP contribution in [0.25, 0.3) is 10.9 Å². The number of pyridine rings is 1. The van der Waals surface area contributed by atoms with Gasteiger partial charge in [0.2, 0.25) is 0 Å². The Balaban J connectivity index is 1.97. The second-order valence-corrected chi connectivity index (χ2v) is 6.63. The van der Waals surface area contributed by atoms with Crippen molar-refractivity contribution in [1.82, 2.24) is 4.98 Å². The van der Waals surface area contributed by atoms with Crippen molar-refractivity contribution >= 4 is 34.2 Å². The normalized spacial score (nSPS) is 10.6. The Kier molecular flexibility index (Phi) is 6.44. The molecule has 0 unspecified atom stereocenters. The zero-order chi connectivity index (χ0) is 20.8. The molecule has 2 aromatic carbocycles. The zero-order valence-corrected chi connectivity index (χ0v) is 16.8. The smallest absolute Gasteiger partial charge is 0.341 e. The summed E-state index contributed by atoms with van der Waals surface area (Å²) in [6.45, 7) is 6.36. The largest absolute Gasteiger partial charge is 0.462 e. The van der Waals surface area contributed by atoms with E-state index in [2.05, 4.69) is 10.3 Å². The molecule has 3 rings (SSSR count). The average molecular weight is 392 g/mol. The topological polar surface area (TPSA) is 77.5 Å². The molecule has 1 N–H and O–H groups in total. The van der Waals surface area contributed by atoms with E-state index in [1.54, 1.807) is 31.2 Å². The Morgan fingerprint density at radius 2 is 1.76 bits per heavy atom. The summed E-state index contributed by atoms with van der Waals surface area (Å²) >= 11 is 0. The second kappa shape index (κ2) is 9.19. The van der Waals surface area contributed by atoms with E-state index >= 15 is 0 Å². The molecular weight excluding hydrogens is 368 g/mol. The highest BCUT2D eigenvalue weighted by Crippen LogP contribution is 2.30. The number of nitrogens with one attached hydrogen (secondary N) is 1. The Labute approximate surface area is 169 Å². The highest BCUT2D eigenvalue weighted by molar-refractivity contribution is 6.06. The van der Waals surface area contributed by atoms with Crippen molar-refractivity contribution in [3.63, 3.8) is 0 Å². The van der Waals surface area contributed by atoms with Gasteiger partial charge in [-0.3, -0.25) is 4.98 Å². The number of carbonyl (C=O) groups is 2. The third kappa shape index (κ3) is 4.71. The molecule has 0 bridgehead atoms. The van der Waals surface area contributed by atoms with Crippen LogP contribution in [0.4, 0.5) is 11.4 Å². The lowest BCUT2D eigenvalue weighted by Crippen LogP contribution is -2.09. The minimum absolute atomic E-state index is 0.276. The lowest BCUT2D eigenvalue weighted by molar-refractivity contribution is 0.0501. The van der Waals surface area contributed by atoms with Gasteiger partial charge in [0.05, 0.1) is 30.0 Å². The van der Waals surface area contributed by atoms with Gasteiger partial charge in [0, 0.05) is 17.3 Å². The molecule has 0 aliphatic heterocycles. The zero-order valence-electron chi connectivity index (χ0n) is 16.8. The van der Waals surface area contributed by atoms with Crippen LogP contribution in [0.1, 0.15) is 46.5 Å². The van der Waals surface area contributed by atoms with E-state index in [-0.39, 0.29) is 12.6 Å². The molecule has 6 nitrogen and oxygen atoms in total. The molecule has 1 heterocycles. The summed E-state index contributed by atoms with van der Waals surface area (Å²) in [6.07, 6.45) is 2.30. The molecule has 0 fully saturated rings. The third-order valence-electron chi connectivity index (χ3n) is 4.35. The second-order valence-electron chi connectivity index (χ2n) is 6.63. The van der Waals surface area contributed by atoms with Crippen molar-refractivity contribution in [3.05, 3.63) is 65.4 Å². The minimum Gasteiger partial charge on any atom is -0.462 e. The highest BCUT2D eigenvalue weighted by Gasteiger charge is 2.17. The molecule has 0 atom stereocenters. The van der Waals surface area contributed by atoms with E-state index in [1.807, 2.05) is 32.0 Å². The maximum absolute atomic E-state index is 12.5. The molecule has 29 heavy (non-hydrogen) atoms. The van der Waals surface area contributed by atoms with E-state index in [4.69, 9.17) is 9.47 Å². The Morgan fingerprint density at radius 3 is 2.45 bits per heavy atom. The lowest BCUT2D eigenvalue weighted by atomic mass is 10.1. The predicted molar refractivity (Wildman–Crippen MR) is 113 cm³/mol. The summed E-state index contributed by atoms with van der Waals surface area (Å²) in [5, 5.41) is 4.12. The van der Waals surface area contributed by atoms with Gasteiger partial charge in [-0.2, -0.15) is 0 Å². The van der Waals surface area contributed by atoms with Gasteiger partial charge in [-0.05, 0) is 56.7 Å². The number of hydrogen-bond acceptors (Lipinski definition) is 6. The number of fused-ring (bicyclic) bond motifs is 1. The summed E-state index contributed by atoms with van der Waals surface area (Å²) in [5.41, 5.74) is 4.01. The van der Waals surface area contributed by atoms with Crippen LogP contribution >= 0.6 is 0 Å². The number of hydrogen-bond donors (Lipinski definition) is 1. The molecule has 0 saturated heterocycles. The van der Waals surface area contributed by atoms with Crippen molar-refractivity contribution in [2.24, 2.45) is 0 Å². The fraction of sp³-hybridized carbons (Fsp3) is 0.261. The standard InChI is InChI=1S/C23H24N2O4/c1-4-12-29-22(26)16-7-9-17(10-8-16)25-21-18-13-15(3)6-11-20(18)24-14-19(21)23(27)28-5-2/h6-11,13-14H,4-5,12H2,1-3H3,(H,24,25). The molecular formula is C23H24N2O4. The third-order valence-corrected chi connectivity index (χ3v) is 4.35. The van der Waals surface area contributed by atoms with Crippen molar-refractivity contribution in [2.45, 2.75) is 27.2 Å². The van der Waals surface area contributed by atoms with Gasteiger partial charge >= 0.3 is 11.9 Å². The molecule has 6 heteroatoms. The predicted octanol–water partition coefficient (Wildman–Crippen LogP) is 5.03. The number of esters is 2. The molecule has 150 valence electrons. The molecule has 0 aliphatic rings. The number of aryl methyl sites for hydroxylation is 1. The van der Waals surface area contributed by atoms with Crippen LogP contribution in [-0.2, 0) is 9.47 Å². The van der Waals surface area contributed by atoms with Crippen molar-refractivity contribution in [3.8, 4) is 0 Å². The summed E-state index contributed by atoms with van der Waals surface area (Å²) < 4.78 is 10.3. The van der Waals surface area contributed by atoms with E-state index in [9.17, 15) is 9.59 Å². The van der Waals surface area contributed by atoms with Crippen molar-refractivity contribution in [1.29, 1.82) is 0 Å². The summed E-state index contributed by atoms with van der Waals surface area (Å²) in [4.78, 5) is 28.8. The van der Waals surface area contributed by atoms with Gasteiger partial charge in [-0.25, -0.2) is 9.59 Å². The van der Waals surface area contributed by atoms with Gasteiger partial charge in [-0.1, -0.05) is 18.6 Å². The van der Waals surface area contributed by atoms with Crippen molar-refractivity contribution in [2.75, 3.05) is 18.5 Å². The van der Waals surface area contributed by atoms with Gasteiger partial charge in [0.25, 0.3) is 0 Å². The van der Waals surface area contributed by atoms with Crippen molar-refractivity contribution < 1.29 is 19.1 Å². The molecule has 0 spiro atoms. The first-order valence-electron chi connectivity index (χ1n) is 9.64.